The van der Waals surface area contributed by atoms with Gasteiger partial charge in [0, 0.05) is 5.56 Å². The van der Waals surface area contributed by atoms with E-state index in [9.17, 15) is 4.79 Å². The predicted octanol–water partition coefficient (Wildman–Crippen LogP) is 3.32. The molecule has 0 spiro atoms. The SMILES string of the molecule is CCc1ccccc1-n1nnc(C=O)c1-c1cccc(OC)c1. The Balaban J connectivity index is 2.24. The van der Waals surface area contributed by atoms with Crippen LogP contribution in [0.3, 0.4) is 0 Å². The van der Waals surface area contributed by atoms with Crippen molar-refractivity contribution in [2.45, 2.75) is 13.3 Å². The van der Waals surface area contributed by atoms with E-state index in [4.69, 9.17) is 4.74 Å². The van der Waals surface area contributed by atoms with Gasteiger partial charge in [-0.25, -0.2) is 4.68 Å². The lowest BCUT2D eigenvalue weighted by Crippen LogP contribution is -2.03. The maximum absolute atomic E-state index is 11.4. The summed E-state index contributed by atoms with van der Waals surface area (Å²) >= 11 is 0. The number of ether oxygens (including phenoxy) is 1. The number of benzene rings is 2. The van der Waals surface area contributed by atoms with Crippen molar-refractivity contribution in [1.29, 1.82) is 0 Å². The Hall–Kier alpha value is -2.95. The first-order valence-corrected chi connectivity index (χ1v) is 7.42. The van der Waals surface area contributed by atoms with Crippen LogP contribution in [0.1, 0.15) is 23.0 Å². The average molecular weight is 307 g/mol. The van der Waals surface area contributed by atoms with Crippen molar-refractivity contribution in [1.82, 2.24) is 15.0 Å². The van der Waals surface area contributed by atoms with Gasteiger partial charge in [-0.1, -0.05) is 42.5 Å². The molecule has 0 saturated carbocycles. The molecule has 0 aliphatic heterocycles. The van der Waals surface area contributed by atoms with Crippen LogP contribution in [0.15, 0.2) is 48.5 Å². The summed E-state index contributed by atoms with van der Waals surface area (Å²) in [6, 6.07) is 15.5. The van der Waals surface area contributed by atoms with Gasteiger partial charge in [-0.15, -0.1) is 5.10 Å². The Labute approximate surface area is 134 Å². The molecular weight excluding hydrogens is 290 g/mol. The molecule has 3 aromatic rings. The van der Waals surface area contributed by atoms with Gasteiger partial charge in [0.15, 0.2) is 12.0 Å². The zero-order chi connectivity index (χ0) is 16.2. The summed E-state index contributed by atoms with van der Waals surface area (Å²) in [5, 5.41) is 8.21. The molecule has 1 heterocycles. The Morgan fingerprint density at radius 3 is 2.74 bits per heavy atom. The fourth-order valence-electron chi connectivity index (χ4n) is 2.60. The minimum absolute atomic E-state index is 0.309. The standard InChI is InChI=1S/C18H17N3O2/c1-3-13-7-4-5-10-17(13)21-18(16(12-22)19-20-21)14-8-6-9-15(11-14)23-2/h4-12H,3H2,1-2H3. The number of aldehydes is 1. The molecule has 0 amide bonds. The van der Waals surface area contributed by atoms with Crippen LogP contribution in [0.25, 0.3) is 16.9 Å². The zero-order valence-corrected chi connectivity index (χ0v) is 13.1. The van der Waals surface area contributed by atoms with Gasteiger partial charge in [0.25, 0.3) is 0 Å². The van der Waals surface area contributed by atoms with Crippen LogP contribution in [0.2, 0.25) is 0 Å². The van der Waals surface area contributed by atoms with Crippen LogP contribution in [-0.4, -0.2) is 28.4 Å². The fourth-order valence-corrected chi connectivity index (χ4v) is 2.60. The van der Waals surface area contributed by atoms with Crippen molar-refractivity contribution in [3.8, 4) is 22.7 Å². The Morgan fingerprint density at radius 1 is 1.17 bits per heavy atom. The molecule has 2 aromatic carbocycles. The third-order valence-electron chi connectivity index (χ3n) is 3.75. The molecule has 0 bridgehead atoms. The van der Waals surface area contributed by atoms with Crippen LogP contribution in [0, 0.1) is 0 Å². The van der Waals surface area contributed by atoms with Gasteiger partial charge in [0.2, 0.25) is 0 Å². The Kier molecular flexibility index (Phi) is 4.19. The van der Waals surface area contributed by atoms with E-state index in [0.29, 0.717) is 11.4 Å². The molecule has 3 rings (SSSR count). The second-order valence-electron chi connectivity index (χ2n) is 5.07. The molecule has 0 saturated heterocycles. The molecule has 0 aliphatic carbocycles. The number of methoxy groups -OCH3 is 1. The number of hydrogen-bond acceptors (Lipinski definition) is 4. The van der Waals surface area contributed by atoms with Crippen LogP contribution < -0.4 is 4.74 Å². The molecule has 0 aliphatic rings. The summed E-state index contributed by atoms with van der Waals surface area (Å²) < 4.78 is 7.00. The van der Waals surface area contributed by atoms with Gasteiger partial charge in [-0.05, 0) is 30.2 Å². The first kappa shape index (κ1) is 15.0. The van der Waals surface area contributed by atoms with Crippen molar-refractivity contribution in [3.63, 3.8) is 0 Å². The quantitative estimate of drug-likeness (QED) is 0.679. The summed E-state index contributed by atoms with van der Waals surface area (Å²) in [6.07, 6.45) is 1.59. The van der Waals surface area contributed by atoms with Gasteiger partial charge < -0.3 is 4.74 Å². The van der Waals surface area contributed by atoms with Crippen LogP contribution in [0.4, 0.5) is 0 Å². The number of aromatic nitrogens is 3. The van der Waals surface area contributed by atoms with E-state index in [1.165, 1.54) is 0 Å². The molecule has 23 heavy (non-hydrogen) atoms. The predicted molar refractivity (Wildman–Crippen MR) is 88.1 cm³/mol. The minimum Gasteiger partial charge on any atom is -0.497 e. The highest BCUT2D eigenvalue weighted by Gasteiger charge is 2.17. The first-order chi connectivity index (χ1) is 11.3. The van der Waals surface area contributed by atoms with E-state index < -0.39 is 0 Å². The lowest BCUT2D eigenvalue weighted by Gasteiger charge is -2.11. The fraction of sp³-hybridized carbons (Fsp3) is 0.167. The van der Waals surface area contributed by atoms with E-state index in [0.717, 1.165) is 35.3 Å². The molecule has 0 fully saturated rings. The van der Waals surface area contributed by atoms with Gasteiger partial charge in [0.05, 0.1) is 12.8 Å². The lowest BCUT2D eigenvalue weighted by molar-refractivity contribution is 0.111. The summed E-state index contributed by atoms with van der Waals surface area (Å²) in [6.45, 7) is 2.08. The lowest BCUT2D eigenvalue weighted by atomic mass is 10.1. The van der Waals surface area contributed by atoms with Gasteiger partial charge in [0.1, 0.15) is 11.4 Å². The van der Waals surface area contributed by atoms with Crippen LogP contribution >= 0.6 is 0 Å². The average Bonchev–Trinajstić information content (AvgIpc) is 3.05. The van der Waals surface area contributed by atoms with Gasteiger partial charge >= 0.3 is 0 Å². The smallest absolute Gasteiger partial charge is 0.172 e. The molecule has 1 aromatic heterocycles. The number of carbonyl (C=O) groups excluding carboxylic acids is 1. The molecule has 0 N–H and O–H groups in total. The second-order valence-corrected chi connectivity index (χ2v) is 5.07. The number of rotatable bonds is 5. The monoisotopic (exact) mass is 307 g/mol. The van der Waals surface area contributed by atoms with Crippen molar-refractivity contribution < 1.29 is 9.53 Å². The topological polar surface area (TPSA) is 57.0 Å². The maximum Gasteiger partial charge on any atom is 0.172 e. The molecule has 5 heteroatoms. The second kappa shape index (κ2) is 6.44. The van der Waals surface area contributed by atoms with Crippen LogP contribution in [0.5, 0.6) is 5.75 Å². The highest BCUT2D eigenvalue weighted by molar-refractivity contribution is 5.84. The summed E-state index contributed by atoms with van der Waals surface area (Å²) in [4.78, 5) is 11.4. The number of nitrogens with zero attached hydrogens (tertiary/aromatic N) is 3. The van der Waals surface area contributed by atoms with Crippen molar-refractivity contribution in [3.05, 3.63) is 59.8 Å². The van der Waals surface area contributed by atoms with E-state index in [-0.39, 0.29) is 0 Å². The van der Waals surface area contributed by atoms with E-state index in [2.05, 4.69) is 17.2 Å². The first-order valence-electron chi connectivity index (χ1n) is 7.42. The Bertz CT molecular complexity index is 840. The van der Waals surface area contributed by atoms with Crippen molar-refractivity contribution in [2.24, 2.45) is 0 Å². The molecule has 0 radical (unpaired) electrons. The van der Waals surface area contributed by atoms with E-state index >= 15 is 0 Å². The van der Waals surface area contributed by atoms with Crippen LogP contribution in [-0.2, 0) is 6.42 Å². The highest BCUT2D eigenvalue weighted by atomic mass is 16.5. The molecule has 5 nitrogen and oxygen atoms in total. The van der Waals surface area contributed by atoms with Gasteiger partial charge in [-0.3, -0.25) is 4.79 Å². The summed E-state index contributed by atoms with van der Waals surface area (Å²) in [7, 11) is 1.61. The van der Waals surface area contributed by atoms with E-state index in [1.54, 1.807) is 11.8 Å². The Morgan fingerprint density at radius 2 is 2.00 bits per heavy atom. The number of para-hydroxylation sites is 1. The minimum atomic E-state index is 0.309. The van der Waals surface area contributed by atoms with Crippen molar-refractivity contribution in [2.75, 3.05) is 7.11 Å². The summed E-state index contributed by atoms with van der Waals surface area (Å²) in [5.74, 6) is 0.718. The number of aryl methyl sites for hydroxylation is 1. The van der Waals surface area contributed by atoms with Crippen molar-refractivity contribution >= 4 is 6.29 Å². The molecule has 116 valence electrons. The van der Waals surface area contributed by atoms with Gasteiger partial charge in [-0.2, -0.15) is 0 Å². The maximum atomic E-state index is 11.4. The molecular formula is C18H17N3O2. The molecule has 0 atom stereocenters. The summed E-state index contributed by atoms with van der Waals surface area (Å²) in [5.41, 5.74) is 3.87. The largest absolute Gasteiger partial charge is 0.497 e. The molecule has 0 unspecified atom stereocenters. The van der Waals surface area contributed by atoms with E-state index in [1.807, 2.05) is 48.5 Å². The normalized spacial score (nSPS) is 10.5. The zero-order valence-electron chi connectivity index (χ0n) is 13.1. The third-order valence-corrected chi connectivity index (χ3v) is 3.75. The number of hydrogen-bond donors (Lipinski definition) is 0. The highest BCUT2D eigenvalue weighted by Crippen LogP contribution is 2.28. The third kappa shape index (κ3) is 2.73. The number of carbonyl (C=O) groups is 1.